The molecule has 652 valence electrons. The third-order valence-corrected chi connectivity index (χ3v) is 24.3. The summed E-state index contributed by atoms with van der Waals surface area (Å²) in [5, 5.41) is 11.6. The lowest BCUT2D eigenvalue weighted by atomic mass is 9.91. The summed E-state index contributed by atoms with van der Waals surface area (Å²) in [4.78, 5) is 40.2. The van der Waals surface area contributed by atoms with Crippen molar-refractivity contribution < 1.29 is 60.1 Å². The number of rotatable bonds is 92. The zero-order chi connectivity index (χ0) is 80.3. The molecule has 0 spiro atoms. The van der Waals surface area contributed by atoms with Crippen molar-refractivity contribution in [3.05, 3.63) is 25.3 Å². The average Bonchev–Trinajstić information content (AvgIpc) is 0.890. The molecule has 0 radical (unpaired) electrons. The number of carbonyl (C=O) groups excluding carboxylic acids is 3. The number of urea groups is 1. The predicted octanol–water partition coefficient (Wildman–Crippen LogP) is 27.5. The van der Waals surface area contributed by atoms with Gasteiger partial charge in [-0.2, -0.15) is 0 Å². The maximum absolute atomic E-state index is 14.2. The zero-order valence-electron chi connectivity index (χ0n) is 72.9. The van der Waals surface area contributed by atoms with E-state index in [0.29, 0.717) is 37.9 Å². The Kier molecular flexibility index (Phi) is 83.1. The molecule has 2 unspecified atom stereocenters. The summed E-state index contributed by atoms with van der Waals surface area (Å²) in [6, 6.07) is -1.82. The fraction of sp³-hybridized carbons (Fsp3) is 0.923. The van der Waals surface area contributed by atoms with Crippen molar-refractivity contribution in [2.24, 2.45) is 11.8 Å². The highest BCUT2D eigenvalue weighted by Crippen LogP contribution is 2.50. The highest BCUT2D eigenvalue weighted by atomic mass is 31.2. The minimum atomic E-state index is -4.24. The Morgan fingerprint density at radius 2 is 0.527 bits per heavy atom. The second kappa shape index (κ2) is 84.7. The summed E-state index contributed by atoms with van der Waals surface area (Å²) in [7, 11) is -8.47. The van der Waals surface area contributed by atoms with E-state index in [-0.39, 0.29) is 77.8 Å². The second-order valence-corrected chi connectivity index (χ2v) is 35.5. The maximum atomic E-state index is 14.2. The van der Waals surface area contributed by atoms with Crippen LogP contribution < -0.4 is 21.3 Å². The number of ether oxygens (including phenoxy) is 2. The summed E-state index contributed by atoms with van der Waals surface area (Å²) < 4.78 is 75.9. The van der Waals surface area contributed by atoms with Gasteiger partial charge >= 0.3 is 21.7 Å². The van der Waals surface area contributed by atoms with Crippen molar-refractivity contribution in [1.29, 1.82) is 0 Å². The largest absolute Gasteiger partial charge is 0.475 e. The smallest absolute Gasteiger partial charge is 0.379 e. The quantitative estimate of drug-likeness (QED) is 0.0254. The van der Waals surface area contributed by atoms with Crippen LogP contribution in [-0.2, 0) is 55.3 Å². The number of hydrogen-bond donors (Lipinski definition) is 4. The van der Waals surface area contributed by atoms with Gasteiger partial charge < -0.3 is 30.7 Å². The fourth-order valence-corrected chi connectivity index (χ4v) is 16.8. The Morgan fingerprint density at radius 3 is 0.773 bits per heavy atom. The molecule has 0 aliphatic carbocycles. The first-order valence-electron chi connectivity index (χ1n) is 46.9. The fourth-order valence-electron chi connectivity index (χ4n) is 14.4. The van der Waals surface area contributed by atoms with Gasteiger partial charge in [0.05, 0.1) is 64.9 Å². The number of phosphoric acid groups is 2. The van der Waals surface area contributed by atoms with Crippen LogP contribution >= 0.6 is 15.6 Å². The van der Waals surface area contributed by atoms with Crippen LogP contribution in [0.1, 0.15) is 440 Å². The normalized spacial score (nSPS) is 13.9. The van der Waals surface area contributed by atoms with Crippen LogP contribution in [0.4, 0.5) is 4.79 Å². The zero-order valence-corrected chi connectivity index (χ0v) is 74.7. The van der Waals surface area contributed by atoms with Crippen molar-refractivity contribution in [3.8, 4) is 0 Å². The van der Waals surface area contributed by atoms with Crippen molar-refractivity contribution >= 4 is 33.5 Å². The van der Waals surface area contributed by atoms with Gasteiger partial charge in [0.15, 0.2) is 0 Å². The first kappa shape index (κ1) is 108. The molecule has 4 amide bonds. The number of phosphoric ester groups is 2. The molecule has 0 bridgehead atoms. The average molecular weight is 1600 g/mol. The van der Waals surface area contributed by atoms with Crippen LogP contribution in [0.25, 0.3) is 0 Å². The molecule has 6 atom stereocenters. The summed E-state index contributed by atoms with van der Waals surface area (Å²) in [6.45, 7) is 21.3. The van der Waals surface area contributed by atoms with E-state index in [1.165, 1.54) is 346 Å². The van der Waals surface area contributed by atoms with E-state index >= 15 is 0 Å². The third-order valence-electron chi connectivity index (χ3n) is 21.4. The van der Waals surface area contributed by atoms with Crippen LogP contribution in [0.5, 0.6) is 0 Å². The Hall–Kier alpha value is -2.17. The minimum Gasteiger partial charge on any atom is -0.379 e. The molecule has 0 saturated carbocycles. The highest BCUT2D eigenvalue weighted by Gasteiger charge is 2.31. The topological polar surface area (TPSA) is 207 Å². The van der Waals surface area contributed by atoms with Crippen molar-refractivity contribution in [1.82, 2.24) is 21.3 Å². The second-order valence-electron chi connectivity index (χ2n) is 32.1. The lowest BCUT2D eigenvalue weighted by Crippen LogP contribution is -2.41. The van der Waals surface area contributed by atoms with Gasteiger partial charge in [0.1, 0.15) is 0 Å². The van der Waals surface area contributed by atoms with Gasteiger partial charge in [-0.3, -0.25) is 36.7 Å². The van der Waals surface area contributed by atoms with Crippen LogP contribution in [0.15, 0.2) is 25.3 Å². The number of carbonyl (C=O) groups is 3. The number of hydrogen-bond acceptors (Lipinski definition) is 13. The first-order chi connectivity index (χ1) is 53.9. The van der Waals surface area contributed by atoms with E-state index in [0.717, 1.165) is 51.4 Å². The third kappa shape index (κ3) is 75.8. The van der Waals surface area contributed by atoms with Crippen molar-refractivity contribution in [2.75, 3.05) is 79.2 Å². The molecule has 0 rings (SSSR count). The molecule has 0 aromatic rings. The van der Waals surface area contributed by atoms with E-state index in [9.17, 15) is 23.5 Å². The molecular formula is C91H180N4O13P2. The molecule has 0 aliphatic rings. The minimum absolute atomic E-state index is 0.0731. The molecule has 0 saturated heterocycles. The van der Waals surface area contributed by atoms with E-state index in [2.05, 4.69) is 76.0 Å². The molecule has 19 heteroatoms. The molecule has 0 fully saturated rings. The molecule has 4 N–H and O–H groups in total. The Morgan fingerprint density at radius 1 is 0.291 bits per heavy atom. The Bertz CT molecular complexity index is 1960. The molecule has 110 heavy (non-hydrogen) atoms. The standard InChI is InChI=1S/C91H180N4O13P2/c1-9-17-23-29-33-37-41-45-49-55-61-67-85(65-59-53-27-21-13-5)71-77-101-81-87(94-89(96)69-63-57-51-47-43-39-35-31-25-19-11-3)83-107-109(99,103-75-15-7)105-79-73-92-91(98)93-74-80-106-110(100,104-76-16-8)108-84-88(95-90(97)70-64-58-52-48-44-40-36-32-26-20-12-4)82-102-78-72-86(66-60-54-28-22-14-6)68-62-56-50-46-42-38-34-30-24-18-10-2/h15-16,85-88H,7-14,17-84H2,1-6H3,(H,94,96)(H,95,97)(H2,92,93,98)/t85-,86-,87-,88-,109?,110?/m1/s1. The Labute approximate surface area is 679 Å². The maximum Gasteiger partial charge on any atom is 0.475 e. The van der Waals surface area contributed by atoms with Gasteiger partial charge in [0, 0.05) is 39.1 Å². The van der Waals surface area contributed by atoms with E-state index in [1.54, 1.807) is 0 Å². The van der Waals surface area contributed by atoms with Gasteiger partial charge in [0.2, 0.25) is 11.8 Å². The summed E-state index contributed by atoms with van der Waals surface area (Å²) in [5.41, 5.74) is 0. The van der Waals surface area contributed by atoms with Gasteiger partial charge in [-0.15, -0.1) is 13.2 Å². The number of nitrogens with one attached hydrogen (secondary N) is 4. The summed E-state index contributed by atoms with van der Waals surface area (Å²) in [5.74, 6) is 0.939. The molecule has 17 nitrogen and oxygen atoms in total. The molecule has 0 aromatic carbocycles. The molecule has 0 aromatic heterocycles. The van der Waals surface area contributed by atoms with E-state index in [4.69, 9.17) is 36.6 Å². The lowest BCUT2D eigenvalue weighted by molar-refractivity contribution is -0.123. The van der Waals surface area contributed by atoms with Gasteiger partial charge in [-0.1, -0.05) is 413 Å². The van der Waals surface area contributed by atoms with Crippen LogP contribution in [0.3, 0.4) is 0 Å². The van der Waals surface area contributed by atoms with Gasteiger partial charge in [-0.05, 0) is 37.5 Å². The summed E-state index contributed by atoms with van der Waals surface area (Å²) in [6.07, 6.45) is 78.3. The van der Waals surface area contributed by atoms with Crippen LogP contribution in [-0.4, -0.2) is 109 Å². The molecule has 0 aliphatic heterocycles. The Balaban J connectivity index is 5.88. The van der Waals surface area contributed by atoms with Crippen molar-refractivity contribution in [3.63, 3.8) is 0 Å². The SMILES string of the molecule is C=CCOP(=O)(OCCNC(=O)NCCOP(=O)(OCC=C)OC[C@@H](COCC[C@H](CCCCCCC)CCCCCCCCCCCCC)NC(=O)CCCCCCCCCCCCC)OC[C@@H](COCC[C@H](CCCCCCC)CCCCCCCCCCCCC)NC(=O)CCCCCCCCCCCCC. The highest BCUT2D eigenvalue weighted by molar-refractivity contribution is 7.48. The van der Waals surface area contributed by atoms with E-state index < -0.39 is 33.8 Å². The lowest BCUT2D eigenvalue weighted by Gasteiger charge is -2.23. The number of amides is 4. The van der Waals surface area contributed by atoms with Gasteiger partial charge in [0.25, 0.3) is 0 Å². The monoisotopic (exact) mass is 1600 g/mol. The predicted molar refractivity (Wildman–Crippen MR) is 465 cm³/mol. The van der Waals surface area contributed by atoms with Crippen molar-refractivity contribution in [2.45, 2.75) is 452 Å². The van der Waals surface area contributed by atoms with E-state index in [1.807, 2.05) is 0 Å². The van der Waals surface area contributed by atoms with Crippen LogP contribution in [0, 0.1) is 11.8 Å². The molecular weight excluding hydrogens is 1420 g/mol. The first-order valence-corrected chi connectivity index (χ1v) is 49.8. The van der Waals surface area contributed by atoms with Crippen LogP contribution in [0.2, 0.25) is 0 Å². The summed E-state index contributed by atoms with van der Waals surface area (Å²) >= 11 is 0. The van der Waals surface area contributed by atoms with Gasteiger partial charge in [-0.25, -0.2) is 13.9 Å². The molecule has 0 heterocycles. The number of unbranched alkanes of at least 4 members (excludes halogenated alkanes) is 48.